The van der Waals surface area contributed by atoms with E-state index in [4.69, 9.17) is 10.2 Å². The minimum absolute atomic E-state index is 0.566. The fraction of sp³-hybridized carbons (Fsp3) is 0.500. The van der Waals surface area contributed by atoms with Gasteiger partial charge in [-0.3, -0.25) is 14.4 Å². The molecule has 1 heterocycles. The van der Waals surface area contributed by atoms with E-state index in [0.717, 1.165) is 0 Å². The molecule has 6 nitrogen and oxygen atoms in total. The standard InChI is InChI=1S/C6H6O6/c7-3-1-5(10)12-6(3,11)2-4(8)9/h11H,1-2H2,(H,8,9). The Hall–Kier alpha value is -1.43. The van der Waals surface area contributed by atoms with Crippen LogP contribution in [0.15, 0.2) is 0 Å². The highest BCUT2D eigenvalue weighted by atomic mass is 16.7. The first-order valence-corrected chi connectivity index (χ1v) is 3.13. The molecule has 0 saturated carbocycles. The predicted molar refractivity (Wildman–Crippen MR) is 32.9 cm³/mol. The van der Waals surface area contributed by atoms with E-state index in [1.807, 2.05) is 0 Å². The summed E-state index contributed by atoms with van der Waals surface area (Å²) in [4.78, 5) is 31.3. The van der Waals surface area contributed by atoms with Crippen molar-refractivity contribution in [2.24, 2.45) is 0 Å². The summed E-state index contributed by atoms with van der Waals surface area (Å²) in [5.74, 6) is -5.65. The molecular weight excluding hydrogens is 168 g/mol. The first-order chi connectivity index (χ1) is 5.44. The third-order valence-corrected chi connectivity index (χ3v) is 1.41. The van der Waals surface area contributed by atoms with Crippen LogP contribution in [0.4, 0.5) is 0 Å². The normalized spacial score (nSPS) is 28.8. The highest BCUT2D eigenvalue weighted by Gasteiger charge is 2.48. The molecule has 0 aromatic rings. The van der Waals surface area contributed by atoms with Crippen molar-refractivity contribution in [2.45, 2.75) is 18.6 Å². The van der Waals surface area contributed by atoms with E-state index in [1.165, 1.54) is 0 Å². The van der Waals surface area contributed by atoms with Crippen molar-refractivity contribution in [3.63, 3.8) is 0 Å². The zero-order valence-corrected chi connectivity index (χ0v) is 5.94. The fourth-order valence-electron chi connectivity index (χ4n) is 0.890. The Morgan fingerprint density at radius 2 is 2.17 bits per heavy atom. The molecule has 1 unspecified atom stereocenters. The molecule has 0 aromatic heterocycles. The van der Waals surface area contributed by atoms with Crippen LogP contribution in [0, 0.1) is 0 Å². The Morgan fingerprint density at radius 1 is 1.58 bits per heavy atom. The second kappa shape index (κ2) is 2.56. The summed E-state index contributed by atoms with van der Waals surface area (Å²) in [6, 6.07) is 0. The molecule has 1 saturated heterocycles. The number of aliphatic hydroxyl groups is 1. The Balaban J connectivity index is 2.77. The largest absolute Gasteiger partial charge is 0.481 e. The summed E-state index contributed by atoms with van der Waals surface area (Å²) in [6.07, 6.45) is -1.47. The maximum atomic E-state index is 10.8. The zero-order valence-electron chi connectivity index (χ0n) is 5.94. The number of cyclic esters (lactones) is 1. The molecule has 1 aliphatic heterocycles. The van der Waals surface area contributed by atoms with Crippen LogP contribution in [0.25, 0.3) is 0 Å². The fourth-order valence-corrected chi connectivity index (χ4v) is 0.890. The number of hydrogen-bond acceptors (Lipinski definition) is 5. The van der Waals surface area contributed by atoms with E-state index >= 15 is 0 Å². The van der Waals surface area contributed by atoms with Gasteiger partial charge in [-0.05, 0) is 0 Å². The van der Waals surface area contributed by atoms with Crippen molar-refractivity contribution in [1.82, 2.24) is 0 Å². The number of rotatable bonds is 2. The van der Waals surface area contributed by atoms with Gasteiger partial charge in [-0.15, -0.1) is 0 Å². The van der Waals surface area contributed by atoms with Gasteiger partial charge in [-0.2, -0.15) is 0 Å². The Kier molecular flexibility index (Phi) is 1.85. The third-order valence-electron chi connectivity index (χ3n) is 1.41. The van der Waals surface area contributed by atoms with Crippen LogP contribution in [0.2, 0.25) is 0 Å². The van der Waals surface area contributed by atoms with Gasteiger partial charge in [-0.25, -0.2) is 0 Å². The Bertz CT molecular complexity index is 257. The van der Waals surface area contributed by atoms with Crippen molar-refractivity contribution in [1.29, 1.82) is 0 Å². The van der Waals surface area contributed by atoms with Crippen LogP contribution in [-0.2, 0) is 19.1 Å². The van der Waals surface area contributed by atoms with E-state index in [0.29, 0.717) is 0 Å². The van der Waals surface area contributed by atoms with Crippen molar-refractivity contribution < 1.29 is 29.3 Å². The number of ketones is 1. The second-order valence-corrected chi connectivity index (χ2v) is 2.43. The van der Waals surface area contributed by atoms with E-state index in [9.17, 15) is 14.4 Å². The average molecular weight is 174 g/mol. The van der Waals surface area contributed by atoms with Crippen molar-refractivity contribution >= 4 is 17.7 Å². The Morgan fingerprint density at radius 3 is 2.50 bits per heavy atom. The lowest BCUT2D eigenvalue weighted by atomic mass is 10.1. The van der Waals surface area contributed by atoms with Gasteiger partial charge in [0.05, 0.1) is 0 Å². The molecule has 1 atom stereocenters. The summed E-state index contributed by atoms with van der Waals surface area (Å²) in [6.45, 7) is 0. The number of carbonyl (C=O) groups is 3. The smallest absolute Gasteiger partial charge is 0.316 e. The number of aliphatic carboxylic acids is 1. The van der Waals surface area contributed by atoms with Crippen LogP contribution in [0.1, 0.15) is 12.8 Å². The van der Waals surface area contributed by atoms with Gasteiger partial charge < -0.3 is 14.9 Å². The maximum absolute atomic E-state index is 10.8. The van der Waals surface area contributed by atoms with Crippen molar-refractivity contribution in [3.8, 4) is 0 Å². The van der Waals surface area contributed by atoms with Crippen molar-refractivity contribution in [2.75, 3.05) is 0 Å². The molecule has 1 aliphatic rings. The van der Waals surface area contributed by atoms with E-state index < -0.39 is 36.4 Å². The monoisotopic (exact) mass is 174 g/mol. The third kappa shape index (κ3) is 1.42. The molecule has 0 bridgehead atoms. The molecular formula is C6H6O6. The maximum Gasteiger partial charge on any atom is 0.316 e. The number of hydrogen-bond donors (Lipinski definition) is 2. The second-order valence-electron chi connectivity index (χ2n) is 2.43. The number of esters is 1. The van der Waals surface area contributed by atoms with Crippen molar-refractivity contribution in [3.05, 3.63) is 0 Å². The quantitative estimate of drug-likeness (QED) is 0.397. The molecule has 2 N–H and O–H groups in total. The lowest BCUT2D eigenvalue weighted by molar-refractivity contribution is -0.197. The van der Waals surface area contributed by atoms with Gasteiger partial charge >= 0.3 is 11.9 Å². The Labute approximate surface area is 66.7 Å². The predicted octanol–water partition coefficient (Wildman–Crippen LogP) is -1.33. The summed E-state index contributed by atoms with van der Waals surface area (Å²) in [7, 11) is 0. The number of carboxylic acids is 1. The lowest BCUT2D eigenvalue weighted by Crippen LogP contribution is -2.38. The van der Waals surface area contributed by atoms with E-state index in [1.54, 1.807) is 0 Å². The zero-order chi connectivity index (χ0) is 9.35. The molecule has 0 spiro atoms. The number of Topliss-reactive ketones (excluding diaryl/α,β-unsaturated/α-hetero) is 1. The van der Waals surface area contributed by atoms with Crippen LogP contribution in [0.5, 0.6) is 0 Å². The molecule has 0 aromatic carbocycles. The number of carboxylic acid groups (broad SMARTS) is 1. The van der Waals surface area contributed by atoms with Gasteiger partial charge in [0.1, 0.15) is 12.8 Å². The molecule has 6 heteroatoms. The SMILES string of the molecule is O=C(O)CC1(O)OC(=O)CC1=O. The highest BCUT2D eigenvalue weighted by Crippen LogP contribution is 2.23. The highest BCUT2D eigenvalue weighted by molar-refractivity contribution is 6.06. The molecule has 1 rings (SSSR count). The number of carbonyl (C=O) groups excluding carboxylic acids is 2. The van der Waals surface area contributed by atoms with Gasteiger partial charge in [0.25, 0.3) is 5.79 Å². The molecule has 66 valence electrons. The summed E-state index contributed by atoms with van der Waals surface area (Å²) in [5.41, 5.74) is 0. The topological polar surface area (TPSA) is 101 Å². The lowest BCUT2D eigenvalue weighted by Gasteiger charge is -2.15. The summed E-state index contributed by atoms with van der Waals surface area (Å²) < 4.78 is 4.16. The van der Waals surface area contributed by atoms with E-state index in [-0.39, 0.29) is 0 Å². The first-order valence-electron chi connectivity index (χ1n) is 3.13. The molecule has 0 radical (unpaired) electrons. The number of ether oxygens (including phenoxy) is 1. The van der Waals surface area contributed by atoms with Crippen LogP contribution >= 0.6 is 0 Å². The molecule has 0 aliphatic carbocycles. The van der Waals surface area contributed by atoms with Crippen LogP contribution in [-0.4, -0.2) is 33.7 Å². The first kappa shape index (κ1) is 8.66. The summed E-state index contributed by atoms with van der Waals surface area (Å²) in [5, 5.41) is 17.4. The van der Waals surface area contributed by atoms with E-state index in [2.05, 4.69) is 4.74 Å². The molecule has 0 amide bonds. The van der Waals surface area contributed by atoms with Gasteiger partial charge in [-0.1, -0.05) is 0 Å². The van der Waals surface area contributed by atoms with Gasteiger partial charge in [0, 0.05) is 0 Å². The van der Waals surface area contributed by atoms with Crippen LogP contribution < -0.4 is 0 Å². The van der Waals surface area contributed by atoms with Gasteiger partial charge in [0.15, 0.2) is 0 Å². The summed E-state index contributed by atoms with van der Waals surface area (Å²) >= 11 is 0. The minimum Gasteiger partial charge on any atom is -0.481 e. The molecule has 1 fully saturated rings. The van der Waals surface area contributed by atoms with Gasteiger partial charge in [0.2, 0.25) is 5.78 Å². The average Bonchev–Trinajstić information content (AvgIpc) is 2.04. The minimum atomic E-state index is -2.44. The molecule has 12 heavy (non-hydrogen) atoms. The van der Waals surface area contributed by atoms with Crippen LogP contribution in [0.3, 0.4) is 0 Å².